The van der Waals surface area contributed by atoms with E-state index in [1.807, 2.05) is 24.3 Å². The van der Waals surface area contributed by atoms with Gasteiger partial charge < -0.3 is 20.0 Å². The molecule has 0 fully saturated rings. The Kier molecular flexibility index (Phi) is 6.36. The highest BCUT2D eigenvalue weighted by atomic mass is 32.2. The van der Waals surface area contributed by atoms with Gasteiger partial charge in [-0.2, -0.15) is 0 Å². The fourth-order valence-electron chi connectivity index (χ4n) is 2.95. The first-order chi connectivity index (χ1) is 15.8. The second kappa shape index (κ2) is 9.36. The number of benzene rings is 2. The zero-order chi connectivity index (χ0) is 23.5. The fourth-order valence-corrected chi connectivity index (χ4v) is 3.66. The monoisotopic (exact) mass is 475 g/mol. The quantitative estimate of drug-likeness (QED) is 0.276. The molecule has 0 aliphatic heterocycles. The van der Waals surface area contributed by atoms with Crippen LogP contribution >= 0.6 is 11.8 Å². The van der Waals surface area contributed by atoms with Crippen LogP contribution in [0.1, 0.15) is 6.92 Å². The molecule has 1 atom stereocenters. The second-order valence-electron chi connectivity index (χ2n) is 6.87. The van der Waals surface area contributed by atoms with Crippen LogP contribution in [-0.4, -0.2) is 38.8 Å². The Bertz CT molecular complexity index is 1340. The molecule has 4 aromatic rings. The first-order valence-electron chi connectivity index (χ1n) is 9.61. The highest BCUT2D eigenvalue weighted by Crippen LogP contribution is 2.30. The Morgan fingerprint density at radius 1 is 1.12 bits per heavy atom. The minimum Gasteiger partial charge on any atom is -0.411 e. The predicted molar refractivity (Wildman–Crippen MR) is 115 cm³/mol. The molecule has 0 aliphatic carbocycles. The lowest BCUT2D eigenvalue weighted by Crippen LogP contribution is -2.37. The van der Waals surface area contributed by atoms with Crippen LogP contribution in [0.25, 0.3) is 22.4 Å². The number of H-pyrrole nitrogens is 1. The maximum absolute atomic E-state index is 13.6. The van der Waals surface area contributed by atoms with Gasteiger partial charge in [-0.1, -0.05) is 30.0 Å². The summed E-state index contributed by atoms with van der Waals surface area (Å²) in [5, 5.41) is 12.8. The van der Waals surface area contributed by atoms with Crippen LogP contribution in [-0.2, 0) is 9.59 Å². The molecule has 3 N–H and O–H groups in total. The number of fused-ring (bicyclic) bond motifs is 1. The molecule has 0 saturated heterocycles. The third-order valence-electron chi connectivity index (χ3n) is 4.61. The number of thioether (sulfide) groups is 1. The van der Waals surface area contributed by atoms with E-state index in [0.717, 1.165) is 34.3 Å². The van der Waals surface area contributed by atoms with E-state index in [-0.39, 0.29) is 11.1 Å². The molecule has 0 aliphatic rings. The standard InChI is InChI=1S/C21H16F3N5O3S/c1-10(19(31)26-9-16(30)27-15-7-6-13(22)17(23)18(15)24)33-21-29-28-20(32-21)12-8-25-14-5-3-2-4-11(12)14/h2-8,10,25H,9H2,1H3,(H,26,31)(H,27,30). The van der Waals surface area contributed by atoms with Gasteiger partial charge in [-0.3, -0.25) is 9.59 Å². The number of carbonyl (C=O) groups is 2. The van der Waals surface area contributed by atoms with Crippen molar-refractivity contribution in [2.45, 2.75) is 17.4 Å². The number of aromatic nitrogens is 3. The lowest BCUT2D eigenvalue weighted by atomic mass is 10.2. The number of rotatable bonds is 7. The maximum atomic E-state index is 13.6. The minimum atomic E-state index is -1.70. The fraction of sp³-hybridized carbons (Fsp3) is 0.143. The maximum Gasteiger partial charge on any atom is 0.277 e. The van der Waals surface area contributed by atoms with E-state index >= 15 is 0 Å². The number of nitrogens with one attached hydrogen (secondary N) is 3. The Balaban J connectivity index is 1.32. The van der Waals surface area contributed by atoms with Crippen molar-refractivity contribution in [1.29, 1.82) is 0 Å². The summed E-state index contributed by atoms with van der Waals surface area (Å²) in [5.74, 6) is -5.65. The smallest absolute Gasteiger partial charge is 0.277 e. The van der Waals surface area contributed by atoms with Crippen LogP contribution in [0.3, 0.4) is 0 Å². The molecule has 0 saturated carbocycles. The van der Waals surface area contributed by atoms with Gasteiger partial charge in [0.15, 0.2) is 17.5 Å². The van der Waals surface area contributed by atoms with Crippen LogP contribution in [0.4, 0.5) is 18.9 Å². The van der Waals surface area contributed by atoms with Gasteiger partial charge in [0.05, 0.1) is 23.0 Å². The summed E-state index contributed by atoms with van der Waals surface area (Å²) in [6.07, 6.45) is 1.75. The van der Waals surface area contributed by atoms with Crippen LogP contribution in [0, 0.1) is 17.5 Å². The summed E-state index contributed by atoms with van der Waals surface area (Å²) < 4.78 is 45.5. The van der Waals surface area contributed by atoms with Crippen molar-refractivity contribution >= 4 is 40.2 Å². The molecule has 8 nitrogen and oxygen atoms in total. The molecule has 4 rings (SSSR count). The van der Waals surface area contributed by atoms with E-state index in [1.54, 1.807) is 13.1 Å². The summed E-state index contributed by atoms with van der Waals surface area (Å²) in [7, 11) is 0. The Morgan fingerprint density at radius 3 is 2.73 bits per heavy atom. The molecule has 33 heavy (non-hydrogen) atoms. The van der Waals surface area contributed by atoms with Crippen LogP contribution in [0.2, 0.25) is 0 Å². The van der Waals surface area contributed by atoms with Crippen LogP contribution in [0.5, 0.6) is 0 Å². The topological polar surface area (TPSA) is 113 Å². The number of aromatic amines is 1. The molecule has 0 spiro atoms. The van der Waals surface area contributed by atoms with Gasteiger partial charge in [0.25, 0.3) is 11.1 Å². The van der Waals surface area contributed by atoms with E-state index in [1.165, 1.54) is 0 Å². The molecule has 2 amide bonds. The second-order valence-corrected chi connectivity index (χ2v) is 8.16. The predicted octanol–water partition coefficient (Wildman–Crippen LogP) is 3.87. The number of anilines is 1. The molecule has 2 heterocycles. The van der Waals surface area contributed by atoms with Gasteiger partial charge in [-0.15, -0.1) is 10.2 Å². The number of para-hydroxylation sites is 1. The van der Waals surface area contributed by atoms with Crippen molar-refractivity contribution in [2.24, 2.45) is 0 Å². The summed E-state index contributed by atoms with van der Waals surface area (Å²) in [4.78, 5) is 27.3. The van der Waals surface area contributed by atoms with Crippen LogP contribution < -0.4 is 10.6 Å². The number of nitrogens with zero attached hydrogens (tertiary/aromatic N) is 2. The minimum absolute atomic E-state index is 0.159. The van der Waals surface area contributed by atoms with Crippen molar-refractivity contribution in [3.63, 3.8) is 0 Å². The number of halogens is 3. The van der Waals surface area contributed by atoms with Crippen molar-refractivity contribution in [1.82, 2.24) is 20.5 Å². The number of hydrogen-bond donors (Lipinski definition) is 3. The van der Waals surface area contributed by atoms with E-state index in [9.17, 15) is 22.8 Å². The lowest BCUT2D eigenvalue weighted by Gasteiger charge is -2.11. The summed E-state index contributed by atoms with van der Waals surface area (Å²) in [6.45, 7) is 1.06. The van der Waals surface area contributed by atoms with E-state index in [0.29, 0.717) is 6.07 Å². The normalized spacial score (nSPS) is 12.0. The molecular weight excluding hydrogens is 459 g/mol. The lowest BCUT2D eigenvalue weighted by molar-refractivity contribution is -0.123. The van der Waals surface area contributed by atoms with Gasteiger partial charge in [0, 0.05) is 17.1 Å². The third kappa shape index (κ3) is 4.85. The molecule has 2 aromatic heterocycles. The SMILES string of the molecule is CC(Sc1nnc(-c2c[nH]c3ccccc23)o1)C(=O)NCC(=O)Nc1ccc(F)c(F)c1F. The van der Waals surface area contributed by atoms with E-state index < -0.39 is 46.7 Å². The molecule has 0 radical (unpaired) electrons. The third-order valence-corrected chi connectivity index (χ3v) is 5.54. The number of amides is 2. The Labute approximate surface area is 189 Å². The van der Waals surface area contributed by atoms with Gasteiger partial charge in [-0.05, 0) is 25.1 Å². The van der Waals surface area contributed by atoms with Crippen molar-refractivity contribution in [3.8, 4) is 11.5 Å². The first kappa shape index (κ1) is 22.4. The molecule has 1 unspecified atom stereocenters. The van der Waals surface area contributed by atoms with E-state index in [2.05, 4.69) is 25.8 Å². The average Bonchev–Trinajstić information content (AvgIpc) is 3.44. The Morgan fingerprint density at radius 2 is 1.91 bits per heavy atom. The summed E-state index contributed by atoms with van der Waals surface area (Å²) in [6, 6.07) is 9.16. The van der Waals surface area contributed by atoms with Gasteiger partial charge in [-0.25, -0.2) is 13.2 Å². The first-order valence-corrected chi connectivity index (χ1v) is 10.5. The number of hydrogen-bond acceptors (Lipinski definition) is 6. The largest absolute Gasteiger partial charge is 0.411 e. The summed E-state index contributed by atoms with van der Waals surface area (Å²) in [5.41, 5.74) is 1.10. The molecule has 12 heteroatoms. The molecular formula is C21H16F3N5O3S. The zero-order valence-electron chi connectivity index (χ0n) is 17.0. The Hall–Kier alpha value is -3.80. The van der Waals surface area contributed by atoms with Gasteiger partial charge >= 0.3 is 0 Å². The number of carbonyl (C=O) groups excluding carboxylic acids is 2. The average molecular weight is 475 g/mol. The zero-order valence-corrected chi connectivity index (χ0v) is 17.8. The highest BCUT2D eigenvalue weighted by molar-refractivity contribution is 8.00. The van der Waals surface area contributed by atoms with Gasteiger partial charge in [0.1, 0.15) is 0 Å². The highest BCUT2D eigenvalue weighted by Gasteiger charge is 2.21. The van der Waals surface area contributed by atoms with Crippen LogP contribution in [0.15, 0.2) is 52.2 Å². The summed E-state index contributed by atoms with van der Waals surface area (Å²) >= 11 is 0.991. The van der Waals surface area contributed by atoms with Crippen molar-refractivity contribution in [2.75, 3.05) is 11.9 Å². The molecule has 0 bridgehead atoms. The van der Waals surface area contributed by atoms with Gasteiger partial charge in [0.2, 0.25) is 11.8 Å². The van der Waals surface area contributed by atoms with Crippen molar-refractivity contribution in [3.05, 3.63) is 60.0 Å². The van der Waals surface area contributed by atoms with Crippen molar-refractivity contribution < 1.29 is 27.2 Å². The molecule has 2 aromatic carbocycles. The molecule has 170 valence electrons. The van der Waals surface area contributed by atoms with E-state index in [4.69, 9.17) is 4.42 Å².